The monoisotopic (exact) mass is 196 g/mol. The number of hydrogen-bond donors (Lipinski definition) is 1. The van der Waals surface area contributed by atoms with Crippen molar-refractivity contribution in [2.24, 2.45) is 17.1 Å². The fourth-order valence-electron chi connectivity index (χ4n) is 2.44. The fraction of sp³-hybridized carbons (Fsp3) is 1.00. The fourth-order valence-corrected chi connectivity index (χ4v) is 2.44. The Balaban J connectivity index is 1.60. The minimum absolute atomic E-state index is 0.522. The van der Waals surface area contributed by atoms with Crippen molar-refractivity contribution < 1.29 is 0 Å². The maximum Gasteiger partial charge on any atom is 0.00470 e. The molecule has 0 amide bonds. The molecule has 14 heavy (non-hydrogen) atoms. The van der Waals surface area contributed by atoms with Gasteiger partial charge in [-0.05, 0) is 50.7 Å². The summed E-state index contributed by atoms with van der Waals surface area (Å²) in [6.45, 7) is 3.41. The third kappa shape index (κ3) is 2.48. The molecule has 2 aliphatic carbocycles. The molecule has 0 spiro atoms. The van der Waals surface area contributed by atoms with Gasteiger partial charge in [0.25, 0.3) is 0 Å². The van der Waals surface area contributed by atoms with Crippen LogP contribution in [0.4, 0.5) is 0 Å². The summed E-state index contributed by atoms with van der Waals surface area (Å²) in [5.41, 5.74) is 6.31. The molecule has 2 aliphatic rings. The zero-order valence-electron chi connectivity index (χ0n) is 9.47. The molecule has 0 heterocycles. The van der Waals surface area contributed by atoms with Crippen molar-refractivity contribution in [3.8, 4) is 0 Å². The Morgan fingerprint density at radius 3 is 2.50 bits per heavy atom. The predicted octanol–water partition coefficient (Wildman–Crippen LogP) is 1.85. The Morgan fingerprint density at radius 1 is 1.36 bits per heavy atom. The molecule has 0 aliphatic heterocycles. The van der Waals surface area contributed by atoms with Crippen LogP contribution in [0.1, 0.15) is 38.5 Å². The molecule has 2 heteroatoms. The van der Waals surface area contributed by atoms with Gasteiger partial charge in [-0.15, -0.1) is 0 Å². The molecule has 0 saturated heterocycles. The molecule has 2 nitrogen and oxygen atoms in total. The van der Waals surface area contributed by atoms with Gasteiger partial charge in [-0.1, -0.05) is 19.3 Å². The SMILES string of the molecule is CN(CCC1CCC1)CC1(CN)CC1. The summed E-state index contributed by atoms with van der Waals surface area (Å²) in [5, 5.41) is 0. The van der Waals surface area contributed by atoms with E-state index >= 15 is 0 Å². The van der Waals surface area contributed by atoms with Crippen LogP contribution in [0.5, 0.6) is 0 Å². The van der Waals surface area contributed by atoms with Crippen molar-refractivity contribution >= 4 is 0 Å². The van der Waals surface area contributed by atoms with Crippen LogP contribution < -0.4 is 5.73 Å². The highest BCUT2D eigenvalue weighted by Gasteiger charge is 2.41. The van der Waals surface area contributed by atoms with Crippen LogP contribution in [-0.2, 0) is 0 Å². The highest BCUT2D eigenvalue weighted by molar-refractivity contribution is 4.95. The van der Waals surface area contributed by atoms with Gasteiger partial charge in [0.2, 0.25) is 0 Å². The molecule has 0 atom stereocenters. The normalized spacial score (nSPS) is 25.1. The van der Waals surface area contributed by atoms with E-state index in [1.165, 1.54) is 51.6 Å². The lowest BCUT2D eigenvalue weighted by Crippen LogP contribution is -2.33. The Hall–Kier alpha value is -0.0800. The van der Waals surface area contributed by atoms with Crippen molar-refractivity contribution in [1.82, 2.24) is 4.90 Å². The summed E-state index contributed by atoms with van der Waals surface area (Å²) in [5.74, 6) is 1.05. The molecule has 0 unspecified atom stereocenters. The first-order valence-corrected chi connectivity index (χ1v) is 6.13. The van der Waals surface area contributed by atoms with E-state index in [2.05, 4.69) is 11.9 Å². The summed E-state index contributed by atoms with van der Waals surface area (Å²) in [6, 6.07) is 0. The van der Waals surface area contributed by atoms with E-state index in [1.807, 2.05) is 0 Å². The van der Waals surface area contributed by atoms with Gasteiger partial charge in [-0.3, -0.25) is 0 Å². The second kappa shape index (κ2) is 4.19. The third-order valence-corrected chi connectivity index (χ3v) is 4.14. The Morgan fingerprint density at radius 2 is 2.07 bits per heavy atom. The first kappa shape index (κ1) is 10.4. The Bertz CT molecular complexity index is 183. The molecule has 0 bridgehead atoms. The van der Waals surface area contributed by atoms with Crippen LogP contribution in [0, 0.1) is 11.3 Å². The lowest BCUT2D eigenvalue weighted by Gasteiger charge is -2.29. The quantitative estimate of drug-likeness (QED) is 0.702. The molecule has 0 aromatic carbocycles. The molecule has 2 saturated carbocycles. The number of nitrogens with zero attached hydrogens (tertiary/aromatic N) is 1. The maximum atomic E-state index is 5.78. The van der Waals surface area contributed by atoms with Crippen LogP contribution >= 0.6 is 0 Å². The molecule has 0 aromatic rings. The van der Waals surface area contributed by atoms with Crippen molar-refractivity contribution in [2.75, 3.05) is 26.7 Å². The van der Waals surface area contributed by atoms with Crippen molar-refractivity contribution in [3.63, 3.8) is 0 Å². The molecule has 2 N–H and O–H groups in total. The first-order chi connectivity index (χ1) is 6.74. The van der Waals surface area contributed by atoms with Crippen LogP contribution in [0.3, 0.4) is 0 Å². The van der Waals surface area contributed by atoms with Gasteiger partial charge in [0, 0.05) is 6.54 Å². The minimum Gasteiger partial charge on any atom is -0.330 e. The van der Waals surface area contributed by atoms with Crippen LogP contribution in [0.15, 0.2) is 0 Å². The topological polar surface area (TPSA) is 29.3 Å². The zero-order valence-corrected chi connectivity index (χ0v) is 9.47. The van der Waals surface area contributed by atoms with Gasteiger partial charge in [-0.2, -0.15) is 0 Å². The van der Waals surface area contributed by atoms with Gasteiger partial charge in [0.05, 0.1) is 0 Å². The van der Waals surface area contributed by atoms with E-state index < -0.39 is 0 Å². The highest BCUT2D eigenvalue weighted by atomic mass is 15.1. The second-order valence-corrected chi connectivity index (χ2v) is 5.53. The smallest absolute Gasteiger partial charge is 0.00470 e. The van der Waals surface area contributed by atoms with E-state index in [1.54, 1.807) is 0 Å². The summed E-state index contributed by atoms with van der Waals surface area (Å²) < 4.78 is 0. The van der Waals surface area contributed by atoms with E-state index in [0.29, 0.717) is 5.41 Å². The molecule has 82 valence electrons. The lowest BCUT2D eigenvalue weighted by molar-refractivity contribution is 0.214. The van der Waals surface area contributed by atoms with Crippen LogP contribution in [0.25, 0.3) is 0 Å². The largest absolute Gasteiger partial charge is 0.330 e. The summed E-state index contributed by atoms with van der Waals surface area (Å²) in [7, 11) is 2.26. The van der Waals surface area contributed by atoms with Crippen molar-refractivity contribution in [1.29, 1.82) is 0 Å². The van der Waals surface area contributed by atoms with Gasteiger partial charge in [0.1, 0.15) is 0 Å². The van der Waals surface area contributed by atoms with Crippen molar-refractivity contribution in [2.45, 2.75) is 38.5 Å². The molecular weight excluding hydrogens is 172 g/mol. The third-order valence-electron chi connectivity index (χ3n) is 4.14. The predicted molar refractivity (Wildman–Crippen MR) is 60.2 cm³/mol. The number of nitrogens with two attached hydrogens (primary N) is 1. The minimum atomic E-state index is 0.522. The van der Waals surface area contributed by atoms with E-state index in [0.717, 1.165) is 12.5 Å². The number of hydrogen-bond acceptors (Lipinski definition) is 2. The number of rotatable bonds is 6. The molecule has 0 aromatic heterocycles. The molecule has 2 rings (SSSR count). The Labute approximate surface area is 87.8 Å². The van der Waals surface area contributed by atoms with Gasteiger partial charge in [0.15, 0.2) is 0 Å². The molecule has 0 radical (unpaired) electrons. The molecular formula is C12H24N2. The summed E-state index contributed by atoms with van der Waals surface area (Å²) >= 11 is 0. The van der Waals surface area contributed by atoms with Gasteiger partial charge in [-0.25, -0.2) is 0 Å². The van der Waals surface area contributed by atoms with Gasteiger partial charge >= 0.3 is 0 Å². The summed E-state index contributed by atoms with van der Waals surface area (Å²) in [6.07, 6.45) is 8.57. The maximum absolute atomic E-state index is 5.78. The Kier molecular flexibility index (Phi) is 3.13. The van der Waals surface area contributed by atoms with Crippen LogP contribution in [0.2, 0.25) is 0 Å². The van der Waals surface area contributed by atoms with Crippen LogP contribution in [-0.4, -0.2) is 31.6 Å². The standard InChI is InChI=1S/C12H24N2/c1-14(8-5-11-3-2-4-11)10-12(9-13)6-7-12/h11H,2-10,13H2,1H3. The highest BCUT2D eigenvalue weighted by Crippen LogP contribution is 2.45. The van der Waals surface area contributed by atoms with E-state index in [4.69, 9.17) is 5.73 Å². The summed E-state index contributed by atoms with van der Waals surface area (Å²) in [4.78, 5) is 2.50. The first-order valence-electron chi connectivity index (χ1n) is 6.13. The average molecular weight is 196 g/mol. The van der Waals surface area contributed by atoms with Gasteiger partial charge < -0.3 is 10.6 Å². The van der Waals surface area contributed by atoms with E-state index in [9.17, 15) is 0 Å². The lowest BCUT2D eigenvalue weighted by atomic mass is 9.83. The molecule has 2 fully saturated rings. The second-order valence-electron chi connectivity index (χ2n) is 5.53. The average Bonchev–Trinajstić information content (AvgIpc) is 2.83. The van der Waals surface area contributed by atoms with E-state index in [-0.39, 0.29) is 0 Å². The zero-order chi connectivity index (χ0) is 10.0. The van der Waals surface area contributed by atoms with Crippen molar-refractivity contribution in [3.05, 3.63) is 0 Å².